The van der Waals surface area contributed by atoms with Crippen LogP contribution in [0.1, 0.15) is 16.7 Å². The Morgan fingerprint density at radius 3 is 2.67 bits per heavy atom. The summed E-state index contributed by atoms with van der Waals surface area (Å²) < 4.78 is 43.7. The molecule has 0 heterocycles. The van der Waals surface area contributed by atoms with Crippen molar-refractivity contribution in [2.24, 2.45) is 5.10 Å². The molecular formula is C17H15F3N2O2. The number of rotatable bonds is 5. The average Bonchev–Trinajstić information content (AvgIpc) is 2.52. The van der Waals surface area contributed by atoms with Crippen LogP contribution in [0.5, 0.6) is 5.75 Å². The molecule has 0 bridgehead atoms. The molecule has 0 aliphatic rings. The first-order valence-corrected chi connectivity index (χ1v) is 7.04. The standard InChI is InChI=1S/C17H15F3N2O2/c1-12-5-4-7-14(9-12)24-11-16(23)22-21-10-13-6-2-3-8-15(13)17(18,19)20/h2-10H,11H2,1H3,(H,22,23)/b21-10-. The minimum Gasteiger partial charge on any atom is -0.484 e. The summed E-state index contributed by atoms with van der Waals surface area (Å²) in [6.07, 6.45) is -3.53. The number of ether oxygens (including phenoxy) is 1. The number of carbonyl (C=O) groups excluding carboxylic acids is 1. The summed E-state index contributed by atoms with van der Waals surface area (Å²) in [4.78, 5) is 11.6. The van der Waals surface area contributed by atoms with E-state index in [0.717, 1.165) is 17.8 Å². The fraction of sp³-hybridized carbons (Fsp3) is 0.176. The summed E-state index contributed by atoms with van der Waals surface area (Å²) in [5.74, 6) is -0.0474. The average molecular weight is 336 g/mol. The summed E-state index contributed by atoms with van der Waals surface area (Å²) in [6.45, 7) is 1.59. The number of hydrogen-bond acceptors (Lipinski definition) is 3. The van der Waals surface area contributed by atoms with E-state index in [4.69, 9.17) is 4.74 Å². The molecule has 126 valence electrons. The number of nitrogens with one attached hydrogen (secondary N) is 1. The van der Waals surface area contributed by atoms with Crippen LogP contribution >= 0.6 is 0 Å². The third kappa shape index (κ3) is 5.12. The second-order valence-corrected chi connectivity index (χ2v) is 4.98. The number of hydrogen-bond donors (Lipinski definition) is 1. The maximum atomic E-state index is 12.8. The molecule has 2 aromatic rings. The Morgan fingerprint density at radius 1 is 1.21 bits per heavy atom. The van der Waals surface area contributed by atoms with Crippen LogP contribution in [0, 0.1) is 6.92 Å². The van der Waals surface area contributed by atoms with Crippen molar-refractivity contribution in [3.63, 3.8) is 0 Å². The van der Waals surface area contributed by atoms with Crippen molar-refractivity contribution < 1.29 is 22.7 Å². The lowest BCUT2D eigenvalue weighted by Crippen LogP contribution is -2.24. The molecule has 0 aliphatic carbocycles. The van der Waals surface area contributed by atoms with Crippen molar-refractivity contribution in [3.05, 3.63) is 65.2 Å². The van der Waals surface area contributed by atoms with Gasteiger partial charge in [-0.2, -0.15) is 18.3 Å². The van der Waals surface area contributed by atoms with Crippen molar-refractivity contribution in [1.29, 1.82) is 0 Å². The smallest absolute Gasteiger partial charge is 0.417 e. The number of halogens is 3. The van der Waals surface area contributed by atoms with Crippen LogP contribution < -0.4 is 10.2 Å². The number of nitrogens with zero attached hydrogens (tertiary/aromatic N) is 1. The molecule has 0 aromatic heterocycles. The fourth-order valence-electron chi connectivity index (χ4n) is 1.93. The van der Waals surface area contributed by atoms with Crippen molar-refractivity contribution >= 4 is 12.1 Å². The SMILES string of the molecule is Cc1cccc(OCC(=O)N/N=C\c2ccccc2C(F)(F)F)c1. The zero-order valence-electron chi connectivity index (χ0n) is 12.8. The molecule has 1 N–H and O–H groups in total. The lowest BCUT2D eigenvalue weighted by atomic mass is 10.1. The van der Waals surface area contributed by atoms with Crippen LogP contribution in [-0.2, 0) is 11.0 Å². The highest BCUT2D eigenvalue weighted by molar-refractivity contribution is 5.84. The molecule has 0 spiro atoms. The summed E-state index contributed by atoms with van der Waals surface area (Å²) in [6, 6.07) is 12.1. The molecule has 4 nitrogen and oxygen atoms in total. The predicted molar refractivity (Wildman–Crippen MR) is 83.9 cm³/mol. The van der Waals surface area contributed by atoms with Gasteiger partial charge in [0.05, 0.1) is 11.8 Å². The Balaban J connectivity index is 1.91. The molecular weight excluding hydrogens is 321 g/mol. The van der Waals surface area contributed by atoms with Gasteiger partial charge in [0.1, 0.15) is 5.75 Å². The van der Waals surface area contributed by atoms with E-state index in [-0.39, 0.29) is 12.2 Å². The molecule has 0 saturated heterocycles. The molecule has 24 heavy (non-hydrogen) atoms. The van der Waals surface area contributed by atoms with Crippen LogP contribution in [0.25, 0.3) is 0 Å². The Kier molecular flexibility index (Phi) is 5.57. The molecule has 0 unspecified atom stereocenters. The van der Waals surface area contributed by atoms with E-state index in [1.54, 1.807) is 18.2 Å². The zero-order valence-corrected chi connectivity index (χ0v) is 12.8. The van der Waals surface area contributed by atoms with Gasteiger partial charge in [0, 0.05) is 5.56 Å². The summed E-state index contributed by atoms with van der Waals surface area (Å²) >= 11 is 0. The van der Waals surface area contributed by atoms with Crippen LogP contribution in [0.3, 0.4) is 0 Å². The highest BCUT2D eigenvalue weighted by Gasteiger charge is 2.32. The highest BCUT2D eigenvalue weighted by Crippen LogP contribution is 2.30. The highest BCUT2D eigenvalue weighted by atomic mass is 19.4. The molecule has 2 rings (SSSR count). The second kappa shape index (κ2) is 7.63. The van der Waals surface area contributed by atoms with Gasteiger partial charge in [0.15, 0.2) is 6.61 Å². The number of amides is 1. The minimum atomic E-state index is -4.49. The van der Waals surface area contributed by atoms with E-state index in [1.807, 2.05) is 13.0 Å². The Labute approximate surface area is 137 Å². The van der Waals surface area contributed by atoms with E-state index in [0.29, 0.717) is 5.75 Å². The van der Waals surface area contributed by atoms with Gasteiger partial charge < -0.3 is 4.74 Å². The molecule has 7 heteroatoms. The van der Waals surface area contributed by atoms with Crippen LogP contribution in [-0.4, -0.2) is 18.7 Å². The largest absolute Gasteiger partial charge is 0.484 e. The monoisotopic (exact) mass is 336 g/mol. The number of carbonyl (C=O) groups is 1. The maximum absolute atomic E-state index is 12.8. The number of alkyl halides is 3. The summed E-state index contributed by atoms with van der Waals surface area (Å²) in [5, 5.41) is 3.54. The zero-order chi connectivity index (χ0) is 17.6. The first kappa shape index (κ1) is 17.5. The van der Waals surface area contributed by atoms with Crippen LogP contribution in [0.4, 0.5) is 13.2 Å². The van der Waals surface area contributed by atoms with Gasteiger partial charge in [0.2, 0.25) is 0 Å². The predicted octanol–water partition coefficient (Wildman–Crippen LogP) is 3.54. The van der Waals surface area contributed by atoms with Gasteiger partial charge in [-0.25, -0.2) is 5.43 Å². The van der Waals surface area contributed by atoms with Gasteiger partial charge in [-0.3, -0.25) is 4.79 Å². The molecule has 0 saturated carbocycles. The first-order valence-electron chi connectivity index (χ1n) is 7.04. The van der Waals surface area contributed by atoms with E-state index in [2.05, 4.69) is 10.5 Å². The molecule has 0 fully saturated rings. The Hall–Kier alpha value is -2.83. The van der Waals surface area contributed by atoms with Crippen LogP contribution in [0.15, 0.2) is 53.6 Å². The van der Waals surface area contributed by atoms with Crippen molar-refractivity contribution in [3.8, 4) is 5.75 Å². The third-order valence-electron chi connectivity index (χ3n) is 3.02. The number of benzene rings is 2. The van der Waals surface area contributed by atoms with E-state index in [9.17, 15) is 18.0 Å². The summed E-state index contributed by atoms with van der Waals surface area (Å²) in [7, 11) is 0. The lowest BCUT2D eigenvalue weighted by Gasteiger charge is -2.09. The van der Waals surface area contributed by atoms with E-state index >= 15 is 0 Å². The van der Waals surface area contributed by atoms with Gasteiger partial charge in [-0.05, 0) is 30.7 Å². The van der Waals surface area contributed by atoms with E-state index < -0.39 is 17.6 Å². The molecule has 0 radical (unpaired) electrons. The lowest BCUT2D eigenvalue weighted by molar-refractivity contribution is -0.137. The minimum absolute atomic E-state index is 0.134. The van der Waals surface area contributed by atoms with Gasteiger partial charge in [-0.1, -0.05) is 30.3 Å². The van der Waals surface area contributed by atoms with Gasteiger partial charge >= 0.3 is 6.18 Å². The number of aryl methyl sites for hydroxylation is 1. The fourth-order valence-corrected chi connectivity index (χ4v) is 1.93. The molecule has 2 aromatic carbocycles. The maximum Gasteiger partial charge on any atom is 0.417 e. The molecule has 0 aliphatic heterocycles. The second-order valence-electron chi connectivity index (χ2n) is 4.98. The topological polar surface area (TPSA) is 50.7 Å². The van der Waals surface area contributed by atoms with Gasteiger partial charge in [-0.15, -0.1) is 0 Å². The Morgan fingerprint density at radius 2 is 1.96 bits per heavy atom. The van der Waals surface area contributed by atoms with Crippen molar-refractivity contribution in [2.45, 2.75) is 13.1 Å². The molecule has 1 amide bonds. The quantitative estimate of drug-likeness (QED) is 0.671. The Bertz CT molecular complexity index is 743. The normalized spacial score (nSPS) is 11.5. The number of hydrazone groups is 1. The van der Waals surface area contributed by atoms with Crippen LogP contribution in [0.2, 0.25) is 0 Å². The van der Waals surface area contributed by atoms with Crippen molar-refractivity contribution in [2.75, 3.05) is 6.61 Å². The van der Waals surface area contributed by atoms with Crippen molar-refractivity contribution in [1.82, 2.24) is 5.43 Å². The van der Waals surface area contributed by atoms with E-state index in [1.165, 1.54) is 18.2 Å². The summed E-state index contributed by atoms with van der Waals surface area (Å²) in [5.41, 5.74) is 2.16. The third-order valence-corrected chi connectivity index (χ3v) is 3.02. The van der Waals surface area contributed by atoms with Gasteiger partial charge in [0.25, 0.3) is 5.91 Å². The molecule has 0 atom stereocenters. The first-order chi connectivity index (χ1) is 11.4.